The fourth-order valence-electron chi connectivity index (χ4n) is 2.76. The molecule has 6 heteroatoms. The van der Waals surface area contributed by atoms with Crippen molar-refractivity contribution < 1.29 is 23.1 Å². The summed E-state index contributed by atoms with van der Waals surface area (Å²) < 4.78 is 28.4. The Balaban J connectivity index is 1.82. The van der Waals surface area contributed by atoms with Crippen molar-refractivity contribution in [3.63, 3.8) is 0 Å². The van der Waals surface area contributed by atoms with Crippen LogP contribution >= 0.6 is 0 Å². The first kappa shape index (κ1) is 13.6. The minimum Gasteiger partial charge on any atom is -0.487 e. The molecule has 1 aromatic rings. The Morgan fingerprint density at radius 1 is 1.20 bits per heavy atom. The van der Waals surface area contributed by atoms with Crippen LogP contribution < -0.4 is 4.74 Å². The second-order valence-electron chi connectivity index (χ2n) is 5.40. The van der Waals surface area contributed by atoms with Gasteiger partial charge in [0.25, 0.3) is 0 Å². The third-order valence-electron chi connectivity index (χ3n) is 3.79. The minimum atomic E-state index is -3.23. The van der Waals surface area contributed by atoms with Crippen molar-refractivity contribution in [3.8, 4) is 5.75 Å². The Morgan fingerprint density at radius 3 is 2.70 bits per heavy atom. The lowest BCUT2D eigenvalue weighted by Crippen LogP contribution is -2.29. The highest BCUT2D eigenvalue weighted by molar-refractivity contribution is 7.91. The van der Waals surface area contributed by atoms with Crippen LogP contribution in [-0.4, -0.2) is 43.0 Å². The molecule has 1 aliphatic heterocycles. The van der Waals surface area contributed by atoms with E-state index in [1.807, 2.05) is 6.07 Å². The number of hydrogen-bond donors (Lipinski definition) is 1. The zero-order valence-electron chi connectivity index (χ0n) is 10.9. The molecular weight excluding hydrogens is 280 g/mol. The van der Waals surface area contributed by atoms with Gasteiger partial charge in [0.1, 0.15) is 18.0 Å². The molecule has 0 radical (unpaired) electrons. The normalized spacial score (nSPS) is 28.1. The molecule has 1 heterocycles. The summed E-state index contributed by atoms with van der Waals surface area (Å²) in [6.07, 6.45) is 0.521. The van der Waals surface area contributed by atoms with Crippen LogP contribution in [0.4, 0.5) is 0 Å². The first-order valence-corrected chi connectivity index (χ1v) is 8.48. The summed E-state index contributed by atoms with van der Waals surface area (Å²) >= 11 is 0. The molecule has 1 N–H and O–H groups in total. The van der Waals surface area contributed by atoms with E-state index in [-0.39, 0.29) is 17.3 Å². The predicted octanol–water partition coefficient (Wildman–Crippen LogP) is 0.742. The van der Waals surface area contributed by atoms with E-state index in [2.05, 4.69) is 0 Å². The van der Waals surface area contributed by atoms with Crippen LogP contribution in [0.25, 0.3) is 0 Å². The number of carbonyl (C=O) groups excluding carboxylic acids is 1. The number of aliphatic hydroxyl groups excluding tert-OH is 1. The lowest BCUT2D eigenvalue weighted by Gasteiger charge is -2.19. The van der Waals surface area contributed by atoms with Gasteiger partial charge in [0.05, 0.1) is 11.5 Å². The third kappa shape index (κ3) is 2.58. The summed E-state index contributed by atoms with van der Waals surface area (Å²) in [5.41, 5.74) is 1.66. The monoisotopic (exact) mass is 296 g/mol. The van der Waals surface area contributed by atoms with Crippen LogP contribution in [-0.2, 0) is 16.3 Å². The zero-order valence-corrected chi connectivity index (χ0v) is 11.7. The van der Waals surface area contributed by atoms with Gasteiger partial charge in [-0.3, -0.25) is 4.79 Å². The van der Waals surface area contributed by atoms with Gasteiger partial charge in [-0.1, -0.05) is 6.07 Å². The van der Waals surface area contributed by atoms with Crippen molar-refractivity contribution in [1.82, 2.24) is 0 Å². The standard InChI is InChI=1S/C14H16O5S/c15-12-3-1-2-9-4-5-10(6-11(9)12)19-14-8-20(17,18)7-13(14)16/h4-6,13-14,16H,1-3,7-8H2. The molecule has 108 valence electrons. The Kier molecular flexibility index (Phi) is 3.30. The number of aryl methyl sites for hydroxylation is 1. The van der Waals surface area contributed by atoms with Crippen LogP contribution in [0.5, 0.6) is 5.75 Å². The number of ketones is 1. The number of hydrogen-bond acceptors (Lipinski definition) is 5. The van der Waals surface area contributed by atoms with E-state index in [0.717, 1.165) is 18.4 Å². The highest BCUT2D eigenvalue weighted by atomic mass is 32.2. The van der Waals surface area contributed by atoms with Gasteiger partial charge < -0.3 is 9.84 Å². The van der Waals surface area contributed by atoms with Crippen molar-refractivity contribution in [2.75, 3.05) is 11.5 Å². The van der Waals surface area contributed by atoms with Crippen LogP contribution in [0, 0.1) is 0 Å². The lowest BCUT2D eigenvalue weighted by molar-refractivity contribution is 0.0736. The fraction of sp³-hybridized carbons (Fsp3) is 0.500. The van der Waals surface area contributed by atoms with E-state index in [1.54, 1.807) is 12.1 Å². The molecule has 1 aromatic carbocycles. The number of ether oxygens (including phenoxy) is 1. The van der Waals surface area contributed by atoms with Crippen molar-refractivity contribution in [1.29, 1.82) is 0 Å². The van der Waals surface area contributed by atoms with Gasteiger partial charge in [-0.25, -0.2) is 8.42 Å². The van der Waals surface area contributed by atoms with Crippen molar-refractivity contribution in [3.05, 3.63) is 29.3 Å². The molecule has 1 saturated heterocycles. The zero-order chi connectivity index (χ0) is 14.3. The highest BCUT2D eigenvalue weighted by Crippen LogP contribution is 2.27. The first-order valence-electron chi connectivity index (χ1n) is 6.66. The van der Waals surface area contributed by atoms with Gasteiger partial charge >= 0.3 is 0 Å². The van der Waals surface area contributed by atoms with Crippen LogP contribution in [0.2, 0.25) is 0 Å². The van der Waals surface area contributed by atoms with E-state index in [9.17, 15) is 18.3 Å². The number of carbonyl (C=O) groups is 1. The summed E-state index contributed by atoms with van der Waals surface area (Å²) in [7, 11) is -3.23. The SMILES string of the molecule is O=C1CCCc2ccc(OC3CS(=O)(=O)CC3O)cc21. The quantitative estimate of drug-likeness (QED) is 0.870. The topological polar surface area (TPSA) is 80.7 Å². The van der Waals surface area contributed by atoms with E-state index >= 15 is 0 Å². The Bertz CT molecular complexity index is 650. The number of benzene rings is 1. The van der Waals surface area contributed by atoms with Gasteiger partial charge in [-0.05, 0) is 30.5 Å². The molecule has 5 nitrogen and oxygen atoms in total. The maximum atomic E-state index is 11.8. The third-order valence-corrected chi connectivity index (χ3v) is 5.48. The van der Waals surface area contributed by atoms with Crippen molar-refractivity contribution in [2.45, 2.75) is 31.5 Å². The summed E-state index contributed by atoms with van der Waals surface area (Å²) in [6.45, 7) is 0. The number of aliphatic hydroxyl groups is 1. The van der Waals surface area contributed by atoms with Crippen LogP contribution in [0.3, 0.4) is 0 Å². The molecular formula is C14H16O5S. The molecule has 2 unspecified atom stereocenters. The van der Waals surface area contributed by atoms with Crippen LogP contribution in [0.15, 0.2) is 18.2 Å². The Labute approximate surface area is 117 Å². The largest absolute Gasteiger partial charge is 0.487 e. The number of rotatable bonds is 2. The fourth-order valence-corrected chi connectivity index (χ4v) is 4.43. The average molecular weight is 296 g/mol. The number of sulfone groups is 1. The molecule has 0 saturated carbocycles. The predicted molar refractivity (Wildman–Crippen MR) is 72.8 cm³/mol. The summed E-state index contributed by atoms with van der Waals surface area (Å²) in [5, 5.41) is 9.71. The van der Waals surface area contributed by atoms with Gasteiger partial charge in [-0.2, -0.15) is 0 Å². The number of Topliss-reactive ketones (excluding diaryl/α,β-unsaturated/α-hetero) is 1. The van der Waals surface area contributed by atoms with E-state index in [4.69, 9.17) is 4.74 Å². The lowest BCUT2D eigenvalue weighted by atomic mass is 9.90. The van der Waals surface area contributed by atoms with Gasteiger partial charge in [0, 0.05) is 12.0 Å². The summed E-state index contributed by atoms with van der Waals surface area (Å²) in [5.74, 6) is 0.0947. The summed E-state index contributed by atoms with van der Waals surface area (Å²) in [4.78, 5) is 11.8. The second kappa shape index (κ2) is 4.86. The molecule has 20 heavy (non-hydrogen) atoms. The molecule has 0 spiro atoms. The molecule has 0 bridgehead atoms. The molecule has 1 aliphatic carbocycles. The van der Waals surface area contributed by atoms with Crippen LogP contribution in [0.1, 0.15) is 28.8 Å². The van der Waals surface area contributed by atoms with Gasteiger partial charge in [-0.15, -0.1) is 0 Å². The maximum Gasteiger partial charge on any atom is 0.163 e. The highest BCUT2D eigenvalue weighted by Gasteiger charge is 2.38. The minimum absolute atomic E-state index is 0.0938. The molecule has 3 rings (SSSR count). The van der Waals surface area contributed by atoms with E-state index < -0.39 is 22.0 Å². The second-order valence-corrected chi connectivity index (χ2v) is 7.55. The molecule has 1 fully saturated rings. The van der Waals surface area contributed by atoms with Gasteiger partial charge in [0.15, 0.2) is 15.6 Å². The summed E-state index contributed by atoms with van der Waals surface area (Å²) in [6, 6.07) is 5.24. The number of fused-ring (bicyclic) bond motifs is 1. The molecule has 2 aliphatic rings. The Morgan fingerprint density at radius 2 is 2.00 bits per heavy atom. The first-order chi connectivity index (χ1) is 9.44. The average Bonchev–Trinajstić information content (AvgIpc) is 2.63. The molecule has 0 amide bonds. The van der Waals surface area contributed by atoms with Crippen molar-refractivity contribution >= 4 is 15.6 Å². The van der Waals surface area contributed by atoms with Gasteiger partial charge in [0.2, 0.25) is 0 Å². The van der Waals surface area contributed by atoms with E-state index in [1.165, 1.54) is 0 Å². The smallest absolute Gasteiger partial charge is 0.163 e. The van der Waals surface area contributed by atoms with E-state index in [0.29, 0.717) is 17.7 Å². The van der Waals surface area contributed by atoms with Crippen molar-refractivity contribution in [2.24, 2.45) is 0 Å². The Hall–Kier alpha value is -1.40. The molecule has 2 atom stereocenters. The molecule has 0 aromatic heterocycles. The maximum absolute atomic E-state index is 11.8.